The van der Waals surface area contributed by atoms with E-state index >= 15 is 0 Å². The van der Waals surface area contributed by atoms with Crippen molar-refractivity contribution in [1.82, 2.24) is 15.5 Å². The van der Waals surface area contributed by atoms with Gasteiger partial charge in [0.2, 0.25) is 0 Å². The monoisotopic (exact) mass is 294 g/mol. The fourth-order valence-corrected chi connectivity index (χ4v) is 3.58. The molecule has 3 rings (SSSR count). The average molecular weight is 294 g/mol. The van der Waals surface area contributed by atoms with Gasteiger partial charge in [-0.15, -0.1) is 0 Å². The first-order chi connectivity index (χ1) is 10.3. The lowest BCUT2D eigenvalue weighted by Gasteiger charge is -2.45. The van der Waals surface area contributed by atoms with Gasteiger partial charge in [-0.25, -0.2) is 0 Å². The molecular formula is C16H30N4O. The van der Waals surface area contributed by atoms with E-state index < -0.39 is 0 Å². The highest BCUT2D eigenvalue weighted by molar-refractivity contribution is 5.79. The van der Waals surface area contributed by atoms with Crippen LogP contribution in [-0.2, 0) is 4.74 Å². The summed E-state index contributed by atoms with van der Waals surface area (Å²) in [5.74, 6) is 1.84. The number of ether oxygens (including phenoxy) is 1. The lowest BCUT2D eigenvalue weighted by Crippen LogP contribution is -2.58. The maximum Gasteiger partial charge on any atom is 0.191 e. The first-order valence-corrected chi connectivity index (χ1v) is 8.60. The molecule has 0 bridgehead atoms. The van der Waals surface area contributed by atoms with Crippen molar-refractivity contribution in [1.29, 1.82) is 0 Å². The molecule has 1 saturated carbocycles. The van der Waals surface area contributed by atoms with Gasteiger partial charge in [0.15, 0.2) is 5.96 Å². The molecule has 21 heavy (non-hydrogen) atoms. The Kier molecular flexibility index (Phi) is 5.01. The van der Waals surface area contributed by atoms with E-state index in [9.17, 15) is 0 Å². The van der Waals surface area contributed by atoms with Crippen LogP contribution in [0.4, 0.5) is 0 Å². The Balaban J connectivity index is 1.55. The predicted octanol–water partition coefficient (Wildman–Crippen LogP) is 1.21. The third-order valence-corrected chi connectivity index (χ3v) is 5.26. The number of nitrogens with one attached hydrogen (secondary N) is 2. The number of aliphatic imine (C=N–C) groups is 1. The van der Waals surface area contributed by atoms with Crippen LogP contribution in [0.5, 0.6) is 0 Å². The van der Waals surface area contributed by atoms with Crippen LogP contribution in [0.3, 0.4) is 0 Å². The van der Waals surface area contributed by atoms with E-state index in [-0.39, 0.29) is 5.54 Å². The standard InChI is InChI=1S/C16H30N4O/c1-17-15(18-12-14-4-5-14)19-13-16(6-10-21-11-7-16)20-8-2-3-9-20/h14H,2-13H2,1H3,(H2,17,18,19). The maximum absolute atomic E-state index is 5.60. The molecule has 0 aromatic rings. The van der Waals surface area contributed by atoms with Crippen molar-refractivity contribution < 1.29 is 4.74 Å². The van der Waals surface area contributed by atoms with Crippen LogP contribution in [-0.4, -0.2) is 62.8 Å². The molecule has 0 amide bonds. The topological polar surface area (TPSA) is 48.9 Å². The maximum atomic E-state index is 5.60. The third kappa shape index (κ3) is 3.89. The highest BCUT2D eigenvalue weighted by Gasteiger charge is 2.39. The quantitative estimate of drug-likeness (QED) is 0.591. The summed E-state index contributed by atoms with van der Waals surface area (Å²) in [5, 5.41) is 7.05. The van der Waals surface area contributed by atoms with Gasteiger partial charge in [-0.3, -0.25) is 9.89 Å². The highest BCUT2D eigenvalue weighted by atomic mass is 16.5. The Morgan fingerprint density at radius 2 is 1.90 bits per heavy atom. The fraction of sp³-hybridized carbons (Fsp3) is 0.938. The smallest absolute Gasteiger partial charge is 0.191 e. The molecule has 0 aromatic heterocycles. The van der Waals surface area contributed by atoms with Crippen LogP contribution >= 0.6 is 0 Å². The molecule has 2 heterocycles. The van der Waals surface area contributed by atoms with Gasteiger partial charge >= 0.3 is 0 Å². The number of rotatable bonds is 5. The Morgan fingerprint density at radius 3 is 2.52 bits per heavy atom. The van der Waals surface area contributed by atoms with E-state index in [0.29, 0.717) is 0 Å². The van der Waals surface area contributed by atoms with E-state index in [1.54, 1.807) is 0 Å². The van der Waals surface area contributed by atoms with Gasteiger partial charge in [-0.2, -0.15) is 0 Å². The number of nitrogens with zero attached hydrogens (tertiary/aromatic N) is 2. The molecule has 2 saturated heterocycles. The number of guanidine groups is 1. The zero-order valence-electron chi connectivity index (χ0n) is 13.4. The number of likely N-dealkylation sites (tertiary alicyclic amines) is 1. The lowest BCUT2D eigenvalue weighted by molar-refractivity contribution is -0.0164. The van der Waals surface area contributed by atoms with Gasteiger partial charge in [0.25, 0.3) is 0 Å². The molecule has 0 unspecified atom stereocenters. The summed E-state index contributed by atoms with van der Waals surface area (Å²) < 4.78 is 5.60. The fourth-order valence-electron chi connectivity index (χ4n) is 3.58. The van der Waals surface area contributed by atoms with Crippen molar-refractivity contribution in [3.8, 4) is 0 Å². The second kappa shape index (κ2) is 6.97. The molecule has 0 spiro atoms. The summed E-state index contributed by atoms with van der Waals surface area (Å²) in [7, 11) is 1.87. The van der Waals surface area contributed by atoms with Gasteiger partial charge < -0.3 is 15.4 Å². The summed E-state index contributed by atoms with van der Waals surface area (Å²) >= 11 is 0. The van der Waals surface area contributed by atoms with Gasteiger partial charge in [0.05, 0.1) is 0 Å². The molecule has 5 nitrogen and oxygen atoms in total. The van der Waals surface area contributed by atoms with E-state index in [1.165, 1.54) is 38.8 Å². The summed E-state index contributed by atoms with van der Waals surface area (Å²) in [6, 6.07) is 0. The summed E-state index contributed by atoms with van der Waals surface area (Å²) in [6.07, 6.45) is 7.71. The molecule has 5 heteroatoms. The normalized spacial score (nSPS) is 26.8. The summed E-state index contributed by atoms with van der Waals surface area (Å²) in [5.41, 5.74) is 0.270. The second-order valence-corrected chi connectivity index (χ2v) is 6.78. The average Bonchev–Trinajstić information content (AvgIpc) is 3.19. The van der Waals surface area contributed by atoms with Gasteiger partial charge in [-0.05, 0) is 57.5 Å². The first-order valence-electron chi connectivity index (χ1n) is 8.60. The van der Waals surface area contributed by atoms with Crippen LogP contribution < -0.4 is 10.6 Å². The minimum Gasteiger partial charge on any atom is -0.381 e. The molecule has 2 aliphatic heterocycles. The van der Waals surface area contributed by atoms with Crippen molar-refractivity contribution in [2.24, 2.45) is 10.9 Å². The number of hydrogen-bond donors (Lipinski definition) is 2. The van der Waals surface area contributed by atoms with Crippen molar-refractivity contribution in [2.45, 2.75) is 44.1 Å². The number of hydrogen-bond acceptors (Lipinski definition) is 3. The van der Waals surface area contributed by atoms with E-state index in [4.69, 9.17) is 4.74 Å². The highest BCUT2D eigenvalue weighted by Crippen LogP contribution is 2.31. The van der Waals surface area contributed by atoms with E-state index in [1.807, 2.05) is 7.05 Å². The van der Waals surface area contributed by atoms with Crippen LogP contribution in [0.2, 0.25) is 0 Å². The molecule has 3 fully saturated rings. The van der Waals surface area contributed by atoms with Crippen molar-refractivity contribution in [3.63, 3.8) is 0 Å². The van der Waals surface area contributed by atoms with Crippen molar-refractivity contribution in [3.05, 3.63) is 0 Å². The van der Waals surface area contributed by atoms with Crippen LogP contribution in [0, 0.1) is 5.92 Å². The van der Waals surface area contributed by atoms with Crippen molar-refractivity contribution >= 4 is 5.96 Å². The minimum absolute atomic E-state index is 0.270. The second-order valence-electron chi connectivity index (χ2n) is 6.78. The molecule has 120 valence electrons. The molecule has 1 aliphatic carbocycles. The molecule has 0 atom stereocenters. The molecule has 0 aromatic carbocycles. The van der Waals surface area contributed by atoms with Crippen LogP contribution in [0.25, 0.3) is 0 Å². The minimum atomic E-state index is 0.270. The lowest BCUT2D eigenvalue weighted by atomic mass is 9.88. The third-order valence-electron chi connectivity index (χ3n) is 5.26. The molecule has 3 aliphatic rings. The van der Waals surface area contributed by atoms with Crippen LogP contribution in [0.1, 0.15) is 38.5 Å². The Bertz CT molecular complexity index is 355. The zero-order chi connectivity index (χ0) is 14.5. The van der Waals surface area contributed by atoms with Gasteiger partial charge in [0, 0.05) is 38.9 Å². The SMILES string of the molecule is CN=C(NCC1CC1)NCC1(N2CCCC2)CCOCC1. The van der Waals surface area contributed by atoms with Gasteiger partial charge in [0.1, 0.15) is 0 Å². The predicted molar refractivity (Wildman–Crippen MR) is 85.7 cm³/mol. The van der Waals surface area contributed by atoms with Crippen molar-refractivity contribution in [2.75, 3.05) is 46.4 Å². The molecular weight excluding hydrogens is 264 g/mol. The zero-order valence-corrected chi connectivity index (χ0v) is 13.4. The van der Waals surface area contributed by atoms with Gasteiger partial charge in [-0.1, -0.05) is 0 Å². The molecule has 0 radical (unpaired) electrons. The van der Waals surface area contributed by atoms with E-state index in [2.05, 4.69) is 20.5 Å². The Morgan fingerprint density at radius 1 is 1.19 bits per heavy atom. The van der Waals surface area contributed by atoms with Crippen LogP contribution in [0.15, 0.2) is 4.99 Å². The largest absolute Gasteiger partial charge is 0.381 e. The summed E-state index contributed by atoms with van der Waals surface area (Å²) in [6.45, 7) is 6.34. The first kappa shape index (κ1) is 15.1. The Hall–Kier alpha value is -0.810. The Labute approximate surface area is 128 Å². The summed E-state index contributed by atoms with van der Waals surface area (Å²) in [4.78, 5) is 7.07. The van der Waals surface area contributed by atoms with E-state index in [0.717, 1.165) is 51.0 Å². The molecule has 2 N–H and O–H groups in total.